The summed E-state index contributed by atoms with van der Waals surface area (Å²) >= 11 is 0.674. The molecule has 7 heavy (non-hydrogen) atoms. The molecule has 0 atom stereocenters. The van der Waals surface area contributed by atoms with Gasteiger partial charge in [0, 0.05) is 0 Å². The molecule has 0 spiro atoms. The summed E-state index contributed by atoms with van der Waals surface area (Å²) in [7, 11) is -2.17. The molecule has 0 unspecified atom stereocenters. The average molecular weight is 111 g/mol. The van der Waals surface area contributed by atoms with Gasteiger partial charge in [-0.2, -0.15) is 0 Å². The molecule has 6 heteroatoms. The molecule has 0 aromatic heterocycles. The number of nitrogens with zero attached hydrogens (tertiary/aromatic N) is 1. The van der Waals surface area contributed by atoms with E-state index in [0.29, 0.717) is 27.9 Å². The fraction of sp³-hybridized carbons (Fsp3) is 0. The van der Waals surface area contributed by atoms with Crippen molar-refractivity contribution in [2.45, 2.75) is 0 Å². The van der Waals surface area contributed by atoms with E-state index in [1.54, 1.807) is 0 Å². The van der Waals surface area contributed by atoms with Crippen LogP contribution in [0.15, 0.2) is 0 Å². The van der Waals surface area contributed by atoms with Crippen LogP contribution in [0.3, 0.4) is 0 Å². The molecule has 0 bridgehead atoms. The summed E-state index contributed by atoms with van der Waals surface area (Å²) in [5.74, 6) is 0. The van der Waals surface area contributed by atoms with Crippen molar-refractivity contribution in [3.05, 3.63) is 0 Å². The third kappa shape index (κ3) is 669. The molecule has 0 rings (SSSR count). The fourth-order valence-corrected chi connectivity index (χ4v) is 0. The molecule has 0 saturated heterocycles. The van der Waals surface area contributed by atoms with Gasteiger partial charge < -0.3 is 15.1 Å². The van der Waals surface area contributed by atoms with Crippen molar-refractivity contribution in [3.63, 3.8) is 0 Å². The molecule has 0 amide bonds. The van der Waals surface area contributed by atoms with Crippen LogP contribution in [0.4, 0.5) is 0 Å². The van der Waals surface area contributed by atoms with E-state index in [9.17, 15) is 0 Å². The third-order valence-electron chi connectivity index (χ3n) is 0. The van der Waals surface area contributed by atoms with Crippen molar-refractivity contribution in [1.82, 2.24) is 0 Å². The number of nitriles is 1. The zero-order valence-electron chi connectivity index (χ0n) is 3.87. The first-order chi connectivity index (χ1) is 3.15. The van der Waals surface area contributed by atoms with Crippen molar-refractivity contribution in [2.24, 2.45) is 0 Å². The number of rotatable bonds is 0. The molecule has 34 valence electrons. The van der Waals surface area contributed by atoms with Crippen LogP contribution in [0.2, 0.25) is 0 Å². The predicted octanol–water partition coefficient (Wildman–Crippen LogP) is -2.42. The molecule has 0 heterocycles. The molecule has 0 saturated carbocycles. The van der Waals surface area contributed by atoms with Crippen molar-refractivity contribution in [1.29, 1.82) is 5.26 Å². The van der Waals surface area contributed by atoms with Gasteiger partial charge in [-0.15, -0.1) is 0 Å². The maximum Gasteiger partial charge on any atom is 0.631 e. The van der Waals surface area contributed by atoms with Crippen LogP contribution in [-0.4, -0.2) is 50.3 Å². The van der Waals surface area contributed by atoms with Gasteiger partial charge in [0.15, 0.2) is 0 Å². The molecular weight excluding hydrogens is 108 g/mol. The van der Waals surface area contributed by atoms with E-state index in [2.05, 4.69) is 0 Å². The molecule has 0 aliphatic carbocycles. The van der Waals surface area contributed by atoms with Gasteiger partial charge in [0.25, 0.3) is 0 Å². The monoisotopic (exact) mass is 111 g/mol. The van der Waals surface area contributed by atoms with Crippen LogP contribution in [0.1, 0.15) is 0 Å². The van der Waals surface area contributed by atoms with Crippen LogP contribution < -0.4 is 0 Å². The van der Waals surface area contributed by atoms with Crippen LogP contribution in [0.5, 0.6) is 0 Å². The Hall–Kier alpha value is 0.435. The molecule has 0 aromatic carbocycles. The van der Waals surface area contributed by atoms with Gasteiger partial charge in [-0.3, -0.25) is 0 Å². The Balaban J connectivity index is 0. The van der Waals surface area contributed by atoms with E-state index >= 15 is 0 Å². The van der Waals surface area contributed by atoms with Gasteiger partial charge in [-0.1, -0.05) is 0 Å². The van der Waals surface area contributed by atoms with Gasteiger partial charge in [-0.05, 0) is 0 Å². The zero-order chi connectivity index (χ0) is 6.28. The second-order valence-corrected chi connectivity index (χ2v) is 1.02. The maximum atomic E-state index is 7.38. The SMILES string of the molecule is N#[C][Na].OB(O)O. The first kappa shape index (κ1) is 10.4. The smallest absolute Gasteiger partial charge is 0.402 e. The first-order valence-electron chi connectivity index (χ1n) is 1.50. The first-order valence-corrected chi connectivity index (χ1v) is 2.50. The van der Waals surface area contributed by atoms with Crippen LogP contribution in [-0.2, 0) is 0 Å². The second-order valence-electron chi connectivity index (χ2n) is 0.570. The Morgan fingerprint density at radius 3 is 1.43 bits per heavy atom. The molecule has 4 nitrogen and oxygen atoms in total. The minimum Gasteiger partial charge on any atom is -0.402 e. The Bertz CT molecular complexity index is 57.7. The Morgan fingerprint density at radius 2 is 1.43 bits per heavy atom. The summed E-state index contributed by atoms with van der Waals surface area (Å²) < 4.78 is 1.89. The quantitative estimate of drug-likeness (QED) is 0.304. The van der Waals surface area contributed by atoms with Crippen molar-refractivity contribution >= 4 is 35.3 Å². The Kier molecular flexibility index (Phi) is 14.4. The summed E-state index contributed by atoms with van der Waals surface area (Å²) in [5, 5.41) is 28.9. The summed E-state index contributed by atoms with van der Waals surface area (Å²) in [5.41, 5.74) is 0. The minimum absolute atomic E-state index is 0.674. The molecule has 0 aliphatic rings. The standard InChI is InChI=1S/CN.BH3O3.Na/c1-2;2-1(3)4;/h;2-4H;. The van der Waals surface area contributed by atoms with E-state index in [0.717, 1.165) is 0 Å². The van der Waals surface area contributed by atoms with Crippen molar-refractivity contribution < 1.29 is 15.1 Å². The van der Waals surface area contributed by atoms with Gasteiger partial charge >= 0.3 is 43.8 Å². The molecule has 0 fully saturated rings. The van der Waals surface area contributed by atoms with E-state index in [-0.39, 0.29) is 0 Å². The van der Waals surface area contributed by atoms with E-state index in [1.807, 2.05) is 3.32 Å². The van der Waals surface area contributed by atoms with Crippen molar-refractivity contribution in [3.8, 4) is 3.32 Å². The second kappa shape index (κ2) is 9.66. The van der Waals surface area contributed by atoms with E-state index in [4.69, 9.17) is 20.3 Å². The van der Waals surface area contributed by atoms with Crippen LogP contribution in [0, 0.1) is 8.58 Å². The third-order valence-corrected chi connectivity index (χ3v) is 0. The van der Waals surface area contributed by atoms with Gasteiger partial charge in [-0.25, -0.2) is 0 Å². The van der Waals surface area contributed by atoms with Gasteiger partial charge in [0.05, 0.1) is 0 Å². The minimum atomic E-state index is -2.17. The molecular formula is CH3BNNaO3. The summed E-state index contributed by atoms with van der Waals surface area (Å²) in [6.45, 7) is 0. The molecule has 3 N–H and O–H groups in total. The molecule has 0 aliphatic heterocycles. The fourth-order valence-electron chi connectivity index (χ4n) is 0. The van der Waals surface area contributed by atoms with Gasteiger partial charge in [0.1, 0.15) is 0 Å². The Morgan fingerprint density at radius 1 is 1.43 bits per heavy atom. The Labute approximate surface area is 59.0 Å². The van der Waals surface area contributed by atoms with E-state index < -0.39 is 7.32 Å². The molecule has 0 aromatic rings. The summed E-state index contributed by atoms with van der Waals surface area (Å²) in [6.07, 6.45) is 0. The topological polar surface area (TPSA) is 84.5 Å². The van der Waals surface area contributed by atoms with E-state index in [1.165, 1.54) is 0 Å². The normalized spacial score (nSPS) is 5.14. The molecule has 0 radical (unpaired) electrons. The van der Waals surface area contributed by atoms with Crippen LogP contribution in [0.25, 0.3) is 0 Å². The number of hydrogen-bond acceptors (Lipinski definition) is 4. The maximum absolute atomic E-state index is 7.38. The summed E-state index contributed by atoms with van der Waals surface area (Å²) in [6, 6.07) is 0. The predicted molar refractivity (Wildman–Crippen MR) is 23.8 cm³/mol. The van der Waals surface area contributed by atoms with Crippen molar-refractivity contribution in [2.75, 3.05) is 0 Å². The summed E-state index contributed by atoms with van der Waals surface area (Å²) in [4.78, 5) is 0. The zero-order valence-corrected chi connectivity index (χ0v) is 5.87. The van der Waals surface area contributed by atoms with Crippen LogP contribution >= 0.6 is 0 Å². The average Bonchev–Trinajstić information content (AvgIpc) is 1.33. The van der Waals surface area contributed by atoms with Gasteiger partial charge in [0.2, 0.25) is 0 Å². The number of hydrogen-bond donors (Lipinski definition) is 3. The largest absolute Gasteiger partial charge is 0.631 e.